The summed E-state index contributed by atoms with van der Waals surface area (Å²) in [6.07, 6.45) is 1.32. The fraction of sp³-hybridized carbons (Fsp3) is 0.450. The largest absolute Gasteiger partial charge is 0.488 e. The Balaban J connectivity index is 0.000000817. The van der Waals surface area contributed by atoms with E-state index in [4.69, 9.17) is 14.6 Å². The molecule has 1 aliphatic rings. The van der Waals surface area contributed by atoms with Crippen molar-refractivity contribution in [3.8, 4) is 16.9 Å². The lowest BCUT2D eigenvalue weighted by Crippen LogP contribution is -2.51. The van der Waals surface area contributed by atoms with E-state index in [-0.39, 0.29) is 18.2 Å². The van der Waals surface area contributed by atoms with E-state index < -0.39 is 0 Å². The summed E-state index contributed by atoms with van der Waals surface area (Å²) in [6.45, 7) is 11.2. The number of nitrogens with zero attached hydrogens (tertiary/aromatic N) is 3. The smallest absolute Gasteiger partial charge is 0.290 e. The van der Waals surface area contributed by atoms with E-state index in [1.165, 1.54) is 0 Å². The molecule has 0 saturated carbocycles. The fourth-order valence-corrected chi connectivity index (χ4v) is 2.98. The minimum atomic E-state index is -0.267. The van der Waals surface area contributed by atoms with E-state index in [2.05, 4.69) is 33.9 Å². The molecule has 2 heterocycles. The second-order valence-electron chi connectivity index (χ2n) is 7.51. The summed E-state index contributed by atoms with van der Waals surface area (Å²) in [7, 11) is 0. The molecule has 7 heteroatoms. The molecule has 1 saturated heterocycles. The van der Waals surface area contributed by atoms with Gasteiger partial charge in [-0.3, -0.25) is 4.79 Å². The second kappa shape index (κ2) is 8.35. The molecule has 1 fully saturated rings. The van der Waals surface area contributed by atoms with Crippen LogP contribution in [-0.2, 0) is 4.79 Å². The van der Waals surface area contributed by atoms with Gasteiger partial charge in [-0.2, -0.15) is 0 Å². The van der Waals surface area contributed by atoms with Crippen molar-refractivity contribution in [3.63, 3.8) is 0 Å². The minimum absolute atomic E-state index is 0.224. The topological polar surface area (TPSA) is 95.8 Å². The Morgan fingerprint density at radius 3 is 2.37 bits per heavy atom. The SMILES string of the molecule is Cc1cc(OC(C)(C)C)ccc1-c1c(C)ncnc1N1CC(O)C1.O=CO. The van der Waals surface area contributed by atoms with Crippen LogP contribution in [0.2, 0.25) is 0 Å². The number of aromatic nitrogens is 2. The number of aryl methyl sites for hydroxylation is 2. The van der Waals surface area contributed by atoms with Crippen molar-refractivity contribution in [1.29, 1.82) is 0 Å². The quantitative estimate of drug-likeness (QED) is 0.799. The van der Waals surface area contributed by atoms with Crippen LogP contribution in [0.15, 0.2) is 24.5 Å². The molecule has 0 spiro atoms. The molecule has 3 rings (SSSR count). The molecule has 1 aromatic heterocycles. The zero-order valence-electron chi connectivity index (χ0n) is 16.4. The lowest BCUT2D eigenvalue weighted by atomic mass is 9.98. The van der Waals surface area contributed by atoms with Gasteiger partial charge in [0.25, 0.3) is 6.47 Å². The van der Waals surface area contributed by atoms with Crippen LogP contribution in [0, 0.1) is 13.8 Å². The van der Waals surface area contributed by atoms with Crippen LogP contribution in [0.3, 0.4) is 0 Å². The maximum absolute atomic E-state index is 9.61. The Labute approximate surface area is 159 Å². The third-order valence-corrected chi connectivity index (χ3v) is 4.07. The maximum atomic E-state index is 9.61. The zero-order valence-corrected chi connectivity index (χ0v) is 16.4. The number of β-amino-alcohol motifs (C(OH)–C–C–N with tert-alkyl or cyclic N) is 1. The third kappa shape index (κ3) is 5.17. The van der Waals surface area contributed by atoms with E-state index in [0.29, 0.717) is 13.1 Å². The van der Waals surface area contributed by atoms with Gasteiger partial charge in [0.2, 0.25) is 0 Å². The normalized spacial score (nSPS) is 14.1. The van der Waals surface area contributed by atoms with Crippen LogP contribution in [0.5, 0.6) is 5.75 Å². The average molecular weight is 373 g/mol. The number of carboxylic acid groups (broad SMARTS) is 1. The van der Waals surface area contributed by atoms with Gasteiger partial charge >= 0.3 is 0 Å². The molecule has 7 nitrogen and oxygen atoms in total. The van der Waals surface area contributed by atoms with Crippen molar-refractivity contribution in [1.82, 2.24) is 9.97 Å². The fourth-order valence-electron chi connectivity index (χ4n) is 2.98. The molecular weight excluding hydrogens is 346 g/mol. The standard InChI is InChI=1S/C19H25N3O2.CH2O2/c1-12-8-15(24-19(3,4)5)6-7-16(12)17-13(2)20-11-21-18(17)22-9-14(23)10-22;2-1-3/h6-8,11,14,23H,9-10H2,1-5H3;1H,(H,2,3). The highest BCUT2D eigenvalue weighted by Crippen LogP contribution is 2.36. The summed E-state index contributed by atoms with van der Waals surface area (Å²) >= 11 is 0. The Morgan fingerprint density at radius 1 is 1.22 bits per heavy atom. The highest BCUT2D eigenvalue weighted by Gasteiger charge is 2.29. The van der Waals surface area contributed by atoms with Gasteiger partial charge in [-0.1, -0.05) is 6.07 Å². The Morgan fingerprint density at radius 2 is 1.85 bits per heavy atom. The molecule has 0 unspecified atom stereocenters. The van der Waals surface area contributed by atoms with Crippen molar-refractivity contribution < 1.29 is 19.7 Å². The molecule has 27 heavy (non-hydrogen) atoms. The zero-order chi connectivity index (χ0) is 20.2. The molecule has 0 amide bonds. The second-order valence-corrected chi connectivity index (χ2v) is 7.51. The van der Waals surface area contributed by atoms with Gasteiger partial charge in [0.05, 0.1) is 11.8 Å². The summed E-state index contributed by atoms with van der Waals surface area (Å²) < 4.78 is 5.95. The number of rotatable bonds is 3. The van der Waals surface area contributed by atoms with E-state index in [9.17, 15) is 5.11 Å². The summed E-state index contributed by atoms with van der Waals surface area (Å²) in [6, 6.07) is 6.12. The highest BCUT2D eigenvalue weighted by atomic mass is 16.5. The number of aliphatic hydroxyl groups is 1. The predicted molar refractivity (Wildman–Crippen MR) is 104 cm³/mol. The molecule has 2 N–H and O–H groups in total. The number of aliphatic hydroxyl groups excluding tert-OH is 1. The van der Waals surface area contributed by atoms with Crippen LogP contribution in [0.4, 0.5) is 5.82 Å². The van der Waals surface area contributed by atoms with Gasteiger partial charge in [-0.15, -0.1) is 0 Å². The van der Waals surface area contributed by atoms with Gasteiger partial charge in [0.15, 0.2) is 0 Å². The van der Waals surface area contributed by atoms with Gasteiger partial charge in [-0.05, 0) is 57.9 Å². The number of hydrogen-bond acceptors (Lipinski definition) is 6. The molecule has 0 aliphatic carbocycles. The van der Waals surface area contributed by atoms with E-state index in [0.717, 1.165) is 34.0 Å². The number of hydrogen-bond donors (Lipinski definition) is 2. The maximum Gasteiger partial charge on any atom is 0.290 e. The van der Waals surface area contributed by atoms with E-state index in [1.54, 1.807) is 6.33 Å². The molecule has 0 radical (unpaired) electrons. The van der Waals surface area contributed by atoms with Gasteiger partial charge < -0.3 is 19.8 Å². The highest BCUT2D eigenvalue weighted by molar-refractivity contribution is 5.80. The van der Waals surface area contributed by atoms with Crippen LogP contribution < -0.4 is 9.64 Å². The summed E-state index contributed by atoms with van der Waals surface area (Å²) in [4.78, 5) is 19.3. The van der Waals surface area contributed by atoms with Crippen molar-refractivity contribution in [2.75, 3.05) is 18.0 Å². The van der Waals surface area contributed by atoms with Crippen molar-refractivity contribution in [2.24, 2.45) is 0 Å². The van der Waals surface area contributed by atoms with Crippen LogP contribution >= 0.6 is 0 Å². The van der Waals surface area contributed by atoms with Crippen molar-refractivity contribution in [3.05, 3.63) is 35.8 Å². The lowest BCUT2D eigenvalue weighted by molar-refractivity contribution is -0.122. The van der Waals surface area contributed by atoms with Crippen LogP contribution in [-0.4, -0.2) is 51.4 Å². The Hall–Kier alpha value is -2.67. The monoisotopic (exact) mass is 373 g/mol. The van der Waals surface area contributed by atoms with E-state index in [1.807, 2.05) is 33.8 Å². The van der Waals surface area contributed by atoms with Crippen molar-refractivity contribution >= 4 is 12.3 Å². The van der Waals surface area contributed by atoms with Gasteiger partial charge in [0.1, 0.15) is 23.5 Å². The predicted octanol–water partition coefficient (Wildman–Crippen LogP) is 2.82. The minimum Gasteiger partial charge on any atom is -0.488 e. The Bertz CT molecular complexity index is 796. The summed E-state index contributed by atoms with van der Waals surface area (Å²) in [5.41, 5.74) is 3.97. The number of carbonyl (C=O) groups is 1. The first kappa shape index (κ1) is 20.6. The molecule has 1 aromatic carbocycles. The van der Waals surface area contributed by atoms with Crippen LogP contribution in [0.1, 0.15) is 32.0 Å². The van der Waals surface area contributed by atoms with Crippen molar-refractivity contribution in [2.45, 2.75) is 46.3 Å². The Kier molecular flexibility index (Phi) is 6.38. The molecular formula is C20H27N3O4. The average Bonchev–Trinajstić information content (AvgIpc) is 2.52. The molecule has 1 aliphatic heterocycles. The first-order valence-electron chi connectivity index (χ1n) is 8.78. The van der Waals surface area contributed by atoms with Gasteiger partial charge in [0, 0.05) is 18.7 Å². The first-order chi connectivity index (χ1) is 12.7. The lowest BCUT2D eigenvalue weighted by Gasteiger charge is -2.38. The van der Waals surface area contributed by atoms with E-state index >= 15 is 0 Å². The molecule has 0 bridgehead atoms. The molecule has 146 valence electrons. The first-order valence-corrected chi connectivity index (χ1v) is 8.78. The summed E-state index contributed by atoms with van der Waals surface area (Å²) in [5, 5.41) is 16.5. The molecule has 2 aromatic rings. The number of benzene rings is 1. The number of ether oxygens (including phenoxy) is 1. The molecule has 0 atom stereocenters. The number of anilines is 1. The van der Waals surface area contributed by atoms with Gasteiger partial charge in [-0.25, -0.2) is 9.97 Å². The summed E-state index contributed by atoms with van der Waals surface area (Å²) in [5.74, 6) is 1.75. The van der Waals surface area contributed by atoms with Crippen LogP contribution in [0.25, 0.3) is 11.1 Å². The third-order valence-electron chi connectivity index (χ3n) is 4.07.